The Balaban J connectivity index is 2.26. The number of nitrogens with one attached hydrogen (secondary N) is 1. The SMILES string of the molecule is CC(=NN)c1ccc(S(=O)(=O)Nc2ccccc2)cc1. The van der Waals surface area contributed by atoms with Gasteiger partial charge in [-0.1, -0.05) is 30.3 Å². The standard InChI is InChI=1S/C14H15N3O2S/c1-11(16-15)12-7-9-14(10-8-12)20(18,19)17-13-5-3-2-4-6-13/h2-10,17H,15H2,1H3. The molecule has 2 aromatic carbocycles. The van der Waals surface area contributed by atoms with Gasteiger partial charge in [-0.3, -0.25) is 4.72 Å². The molecule has 0 heterocycles. The molecule has 0 saturated heterocycles. The first kappa shape index (κ1) is 14.1. The Hall–Kier alpha value is -2.34. The van der Waals surface area contributed by atoms with Crippen LogP contribution in [0.2, 0.25) is 0 Å². The molecule has 3 N–H and O–H groups in total. The molecule has 0 radical (unpaired) electrons. The molecule has 0 amide bonds. The number of benzene rings is 2. The van der Waals surface area contributed by atoms with E-state index in [2.05, 4.69) is 9.82 Å². The minimum absolute atomic E-state index is 0.190. The number of hydrogen-bond donors (Lipinski definition) is 2. The molecular formula is C14H15N3O2S. The van der Waals surface area contributed by atoms with Gasteiger partial charge in [0.25, 0.3) is 10.0 Å². The van der Waals surface area contributed by atoms with Crippen LogP contribution in [0.3, 0.4) is 0 Å². The monoisotopic (exact) mass is 289 g/mol. The average molecular weight is 289 g/mol. The Morgan fingerprint density at radius 1 is 1.05 bits per heavy atom. The smallest absolute Gasteiger partial charge is 0.261 e. The van der Waals surface area contributed by atoms with Crippen LogP contribution in [0, 0.1) is 0 Å². The van der Waals surface area contributed by atoms with Crippen molar-refractivity contribution in [3.63, 3.8) is 0 Å². The number of hydrogen-bond acceptors (Lipinski definition) is 4. The van der Waals surface area contributed by atoms with Crippen molar-refractivity contribution in [3.8, 4) is 0 Å². The van der Waals surface area contributed by atoms with Crippen LogP contribution < -0.4 is 10.6 Å². The van der Waals surface area contributed by atoms with Gasteiger partial charge in [0.15, 0.2) is 0 Å². The van der Waals surface area contributed by atoms with Crippen LogP contribution >= 0.6 is 0 Å². The molecule has 0 saturated carbocycles. The fourth-order valence-corrected chi connectivity index (χ4v) is 2.73. The Kier molecular flexibility index (Phi) is 4.05. The number of nitrogens with two attached hydrogens (primary N) is 1. The molecular weight excluding hydrogens is 274 g/mol. The van der Waals surface area contributed by atoms with Crippen molar-refractivity contribution in [2.75, 3.05) is 4.72 Å². The van der Waals surface area contributed by atoms with E-state index in [0.717, 1.165) is 5.56 Å². The van der Waals surface area contributed by atoms with E-state index in [9.17, 15) is 8.42 Å². The molecule has 0 aliphatic carbocycles. The van der Waals surface area contributed by atoms with E-state index in [4.69, 9.17) is 5.84 Å². The minimum Gasteiger partial charge on any atom is -0.323 e. The fraction of sp³-hybridized carbons (Fsp3) is 0.0714. The number of para-hydroxylation sites is 1. The van der Waals surface area contributed by atoms with Crippen molar-refractivity contribution < 1.29 is 8.42 Å². The molecule has 2 rings (SSSR count). The summed E-state index contributed by atoms with van der Waals surface area (Å²) in [4.78, 5) is 0.190. The molecule has 0 aliphatic heterocycles. The zero-order chi connectivity index (χ0) is 14.6. The van der Waals surface area contributed by atoms with Gasteiger partial charge >= 0.3 is 0 Å². The molecule has 104 valence electrons. The molecule has 0 aliphatic rings. The molecule has 2 aromatic rings. The van der Waals surface area contributed by atoms with Gasteiger partial charge in [0.05, 0.1) is 10.6 Å². The minimum atomic E-state index is -3.58. The molecule has 20 heavy (non-hydrogen) atoms. The fourth-order valence-electron chi connectivity index (χ4n) is 1.67. The third kappa shape index (κ3) is 3.16. The van der Waals surface area contributed by atoms with Gasteiger partial charge in [0, 0.05) is 5.69 Å². The van der Waals surface area contributed by atoms with Gasteiger partial charge in [-0.2, -0.15) is 5.10 Å². The number of sulfonamides is 1. The van der Waals surface area contributed by atoms with Crippen LogP contribution in [0.15, 0.2) is 64.6 Å². The van der Waals surface area contributed by atoms with Crippen molar-refractivity contribution in [1.29, 1.82) is 0 Å². The van der Waals surface area contributed by atoms with Crippen LogP contribution in [0.4, 0.5) is 5.69 Å². The van der Waals surface area contributed by atoms with Crippen molar-refractivity contribution in [2.24, 2.45) is 10.9 Å². The van der Waals surface area contributed by atoms with Crippen molar-refractivity contribution in [2.45, 2.75) is 11.8 Å². The summed E-state index contributed by atoms with van der Waals surface area (Å²) in [6, 6.07) is 15.1. The summed E-state index contributed by atoms with van der Waals surface area (Å²) in [5.74, 6) is 5.19. The van der Waals surface area contributed by atoms with Crippen LogP contribution in [0.25, 0.3) is 0 Å². The average Bonchev–Trinajstić information content (AvgIpc) is 2.47. The van der Waals surface area contributed by atoms with E-state index in [1.165, 1.54) is 12.1 Å². The van der Waals surface area contributed by atoms with E-state index in [1.54, 1.807) is 43.3 Å². The predicted octanol–water partition coefficient (Wildman–Crippen LogP) is 2.17. The van der Waals surface area contributed by atoms with Crippen molar-refractivity contribution in [3.05, 3.63) is 60.2 Å². The molecule has 0 spiro atoms. The molecule has 0 bridgehead atoms. The van der Waals surface area contributed by atoms with Gasteiger partial charge in [0.1, 0.15) is 0 Å². The molecule has 0 fully saturated rings. The summed E-state index contributed by atoms with van der Waals surface area (Å²) in [5, 5.41) is 3.57. The van der Waals surface area contributed by atoms with Gasteiger partial charge < -0.3 is 5.84 Å². The molecule has 0 atom stereocenters. The molecule has 0 unspecified atom stereocenters. The highest BCUT2D eigenvalue weighted by molar-refractivity contribution is 7.92. The number of anilines is 1. The summed E-state index contributed by atoms with van der Waals surface area (Å²) in [7, 11) is -3.58. The lowest BCUT2D eigenvalue weighted by atomic mass is 10.1. The molecule has 5 nitrogen and oxygen atoms in total. The Morgan fingerprint density at radius 2 is 1.65 bits per heavy atom. The normalized spacial score (nSPS) is 12.2. The van der Waals surface area contributed by atoms with Crippen molar-refractivity contribution >= 4 is 21.4 Å². The van der Waals surface area contributed by atoms with Crippen molar-refractivity contribution in [1.82, 2.24) is 0 Å². The lowest BCUT2D eigenvalue weighted by molar-refractivity contribution is 0.601. The maximum absolute atomic E-state index is 12.2. The number of nitrogens with zero attached hydrogens (tertiary/aromatic N) is 1. The Bertz CT molecular complexity index is 708. The third-order valence-corrected chi connectivity index (χ3v) is 4.20. The van der Waals surface area contributed by atoms with Gasteiger partial charge in [-0.15, -0.1) is 0 Å². The number of hydrazone groups is 1. The first-order valence-corrected chi connectivity index (χ1v) is 7.44. The topological polar surface area (TPSA) is 84.5 Å². The first-order valence-electron chi connectivity index (χ1n) is 5.96. The lowest BCUT2D eigenvalue weighted by Gasteiger charge is -2.08. The highest BCUT2D eigenvalue weighted by Gasteiger charge is 2.13. The van der Waals surface area contributed by atoms with E-state index in [1.807, 2.05) is 6.07 Å². The predicted molar refractivity (Wildman–Crippen MR) is 80.1 cm³/mol. The van der Waals surface area contributed by atoms with Crippen LogP contribution in [0.5, 0.6) is 0 Å². The van der Waals surface area contributed by atoms with Gasteiger partial charge in [0.2, 0.25) is 0 Å². The zero-order valence-electron chi connectivity index (χ0n) is 10.9. The van der Waals surface area contributed by atoms with E-state index in [-0.39, 0.29) is 4.90 Å². The summed E-state index contributed by atoms with van der Waals surface area (Å²) < 4.78 is 26.9. The summed E-state index contributed by atoms with van der Waals surface area (Å²) in [6.07, 6.45) is 0. The van der Waals surface area contributed by atoms with Crippen LogP contribution in [-0.4, -0.2) is 14.1 Å². The molecule has 0 aromatic heterocycles. The maximum atomic E-state index is 12.2. The van der Waals surface area contributed by atoms with Gasteiger partial charge in [-0.25, -0.2) is 8.42 Å². The second-order valence-corrected chi connectivity index (χ2v) is 5.89. The quantitative estimate of drug-likeness (QED) is 0.514. The number of rotatable bonds is 4. The largest absolute Gasteiger partial charge is 0.323 e. The van der Waals surface area contributed by atoms with E-state index in [0.29, 0.717) is 11.4 Å². The van der Waals surface area contributed by atoms with Crippen LogP contribution in [-0.2, 0) is 10.0 Å². The summed E-state index contributed by atoms with van der Waals surface area (Å²) in [5.41, 5.74) is 1.95. The summed E-state index contributed by atoms with van der Waals surface area (Å²) in [6.45, 7) is 1.76. The van der Waals surface area contributed by atoms with E-state index < -0.39 is 10.0 Å². The Labute approximate surface area is 118 Å². The maximum Gasteiger partial charge on any atom is 0.261 e. The second-order valence-electron chi connectivity index (χ2n) is 4.21. The molecule has 6 heteroatoms. The van der Waals surface area contributed by atoms with E-state index >= 15 is 0 Å². The summed E-state index contributed by atoms with van der Waals surface area (Å²) >= 11 is 0. The Morgan fingerprint density at radius 3 is 2.20 bits per heavy atom. The van der Waals surface area contributed by atoms with Crippen LogP contribution in [0.1, 0.15) is 12.5 Å². The second kappa shape index (κ2) is 5.75. The highest BCUT2D eigenvalue weighted by atomic mass is 32.2. The zero-order valence-corrected chi connectivity index (χ0v) is 11.8. The first-order chi connectivity index (χ1) is 9.53. The highest BCUT2D eigenvalue weighted by Crippen LogP contribution is 2.16. The lowest BCUT2D eigenvalue weighted by Crippen LogP contribution is -2.13. The third-order valence-electron chi connectivity index (χ3n) is 2.80. The van der Waals surface area contributed by atoms with Gasteiger partial charge in [-0.05, 0) is 36.8 Å².